The molecule has 20 heavy (non-hydrogen) atoms. The van der Waals surface area contributed by atoms with E-state index in [9.17, 15) is 4.79 Å². The number of rotatable bonds is 4. The van der Waals surface area contributed by atoms with Gasteiger partial charge in [-0.3, -0.25) is 4.79 Å². The zero-order valence-electron chi connectivity index (χ0n) is 11.1. The highest BCUT2D eigenvalue weighted by atomic mass is 79.9. The predicted molar refractivity (Wildman–Crippen MR) is 84.7 cm³/mol. The Morgan fingerprint density at radius 1 is 1.25 bits per heavy atom. The number of carbonyl (C=O) groups excluding carboxylic acids is 1. The summed E-state index contributed by atoms with van der Waals surface area (Å²) in [6, 6.07) is 11.9. The molecule has 0 saturated heterocycles. The van der Waals surface area contributed by atoms with Crippen molar-refractivity contribution in [2.75, 3.05) is 6.54 Å². The summed E-state index contributed by atoms with van der Waals surface area (Å²) in [6.07, 6.45) is 2.35. The standard InChI is InChI=1S/C16H17BrN2O/c17-14-6-5-11-7-13(4-3-12(11)8-14)16(20)19-15(9-18)10-1-2-10/h3-8,10,15H,1-2,9,18H2,(H,19,20). The Hall–Kier alpha value is -1.39. The molecular weight excluding hydrogens is 316 g/mol. The van der Waals surface area contributed by atoms with Crippen molar-refractivity contribution in [2.24, 2.45) is 11.7 Å². The first-order valence-electron chi connectivity index (χ1n) is 6.87. The zero-order valence-corrected chi connectivity index (χ0v) is 12.7. The Labute approximate surface area is 126 Å². The molecule has 0 bridgehead atoms. The van der Waals surface area contributed by atoms with Crippen molar-refractivity contribution < 1.29 is 4.79 Å². The molecule has 2 aromatic rings. The Balaban J connectivity index is 1.82. The van der Waals surface area contributed by atoms with Crippen LogP contribution < -0.4 is 11.1 Å². The molecule has 4 heteroatoms. The minimum absolute atomic E-state index is 0.0304. The monoisotopic (exact) mass is 332 g/mol. The van der Waals surface area contributed by atoms with Crippen molar-refractivity contribution in [3.63, 3.8) is 0 Å². The lowest BCUT2D eigenvalue weighted by Crippen LogP contribution is -2.41. The molecule has 1 unspecified atom stereocenters. The van der Waals surface area contributed by atoms with Crippen molar-refractivity contribution in [1.29, 1.82) is 0 Å². The Morgan fingerprint density at radius 2 is 1.95 bits per heavy atom. The summed E-state index contributed by atoms with van der Waals surface area (Å²) >= 11 is 3.45. The van der Waals surface area contributed by atoms with E-state index < -0.39 is 0 Å². The smallest absolute Gasteiger partial charge is 0.251 e. The SMILES string of the molecule is NCC(NC(=O)c1ccc2cc(Br)ccc2c1)C1CC1. The van der Waals surface area contributed by atoms with Crippen LogP contribution in [0.3, 0.4) is 0 Å². The lowest BCUT2D eigenvalue weighted by Gasteiger charge is -2.16. The van der Waals surface area contributed by atoms with Gasteiger partial charge in [-0.25, -0.2) is 0 Å². The number of hydrogen-bond donors (Lipinski definition) is 2. The summed E-state index contributed by atoms with van der Waals surface area (Å²) in [5.74, 6) is 0.539. The summed E-state index contributed by atoms with van der Waals surface area (Å²) in [7, 11) is 0. The van der Waals surface area contributed by atoms with Gasteiger partial charge < -0.3 is 11.1 Å². The number of amides is 1. The second-order valence-corrected chi connectivity index (χ2v) is 6.28. The van der Waals surface area contributed by atoms with E-state index in [4.69, 9.17) is 5.73 Å². The summed E-state index contributed by atoms with van der Waals surface area (Å²) in [6.45, 7) is 0.511. The maximum absolute atomic E-state index is 12.3. The van der Waals surface area contributed by atoms with E-state index in [-0.39, 0.29) is 11.9 Å². The highest BCUT2D eigenvalue weighted by molar-refractivity contribution is 9.10. The van der Waals surface area contributed by atoms with E-state index in [0.29, 0.717) is 18.0 Å². The highest BCUT2D eigenvalue weighted by Gasteiger charge is 2.31. The molecule has 0 spiro atoms. The van der Waals surface area contributed by atoms with E-state index in [0.717, 1.165) is 15.2 Å². The molecule has 1 amide bonds. The van der Waals surface area contributed by atoms with E-state index >= 15 is 0 Å². The van der Waals surface area contributed by atoms with Gasteiger partial charge in [-0.05, 0) is 53.8 Å². The quantitative estimate of drug-likeness (QED) is 0.903. The van der Waals surface area contributed by atoms with E-state index in [2.05, 4.69) is 21.2 Å². The largest absolute Gasteiger partial charge is 0.348 e. The minimum atomic E-state index is -0.0304. The Morgan fingerprint density at radius 3 is 2.65 bits per heavy atom. The van der Waals surface area contributed by atoms with Crippen LogP contribution in [0.4, 0.5) is 0 Å². The number of fused-ring (bicyclic) bond motifs is 1. The van der Waals surface area contributed by atoms with Gasteiger partial charge >= 0.3 is 0 Å². The molecule has 0 aromatic heterocycles. The van der Waals surface area contributed by atoms with Crippen LogP contribution in [0.25, 0.3) is 10.8 Å². The second-order valence-electron chi connectivity index (χ2n) is 5.36. The average Bonchev–Trinajstić information content (AvgIpc) is 3.28. The molecule has 104 valence electrons. The first-order chi connectivity index (χ1) is 9.67. The van der Waals surface area contributed by atoms with Crippen LogP contribution in [-0.2, 0) is 0 Å². The fourth-order valence-electron chi connectivity index (χ4n) is 2.48. The minimum Gasteiger partial charge on any atom is -0.348 e. The molecule has 2 aromatic carbocycles. The lowest BCUT2D eigenvalue weighted by molar-refractivity contribution is 0.0933. The summed E-state index contributed by atoms with van der Waals surface area (Å²) in [5.41, 5.74) is 6.42. The summed E-state index contributed by atoms with van der Waals surface area (Å²) in [5, 5.41) is 5.23. The fourth-order valence-corrected chi connectivity index (χ4v) is 2.86. The van der Waals surface area contributed by atoms with Gasteiger partial charge in [0.05, 0.1) is 0 Å². The molecule has 0 radical (unpaired) electrons. The van der Waals surface area contributed by atoms with Gasteiger partial charge in [-0.15, -0.1) is 0 Å². The Bertz CT molecular complexity index is 652. The van der Waals surface area contributed by atoms with Crippen LogP contribution in [0, 0.1) is 5.92 Å². The van der Waals surface area contributed by atoms with Crippen molar-refractivity contribution in [3.8, 4) is 0 Å². The third-order valence-electron chi connectivity index (χ3n) is 3.83. The highest BCUT2D eigenvalue weighted by Crippen LogP contribution is 2.32. The number of carbonyl (C=O) groups is 1. The molecule has 0 heterocycles. The van der Waals surface area contributed by atoms with E-state index in [1.165, 1.54) is 12.8 Å². The van der Waals surface area contributed by atoms with Gasteiger partial charge in [0, 0.05) is 22.6 Å². The van der Waals surface area contributed by atoms with Crippen LogP contribution in [0.5, 0.6) is 0 Å². The third-order valence-corrected chi connectivity index (χ3v) is 4.32. The van der Waals surface area contributed by atoms with Crippen molar-refractivity contribution >= 4 is 32.6 Å². The lowest BCUT2D eigenvalue weighted by atomic mass is 10.1. The normalized spacial score (nSPS) is 16.1. The van der Waals surface area contributed by atoms with Gasteiger partial charge in [0.25, 0.3) is 5.91 Å². The number of halogens is 1. The summed E-state index contributed by atoms with van der Waals surface area (Å²) < 4.78 is 1.04. The number of nitrogens with two attached hydrogens (primary N) is 1. The second kappa shape index (κ2) is 5.54. The molecule has 3 N–H and O–H groups in total. The number of hydrogen-bond acceptors (Lipinski definition) is 2. The Kier molecular flexibility index (Phi) is 3.76. The molecule has 3 nitrogen and oxygen atoms in total. The maximum Gasteiger partial charge on any atom is 0.251 e. The van der Waals surface area contributed by atoms with Gasteiger partial charge in [-0.2, -0.15) is 0 Å². The first kappa shape index (κ1) is 13.6. The molecule has 3 rings (SSSR count). The molecular formula is C16H17BrN2O. The predicted octanol–water partition coefficient (Wildman–Crippen LogP) is 3.07. The topological polar surface area (TPSA) is 55.1 Å². The van der Waals surface area contributed by atoms with E-state index in [1.807, 2.05) is 36.4 Å². The van der Waals surface area contributed by atoms with Crippen LogP contribution in [0.15, 0.2) is 40.9 Å². The molecule has 1 aliphatic carbocycles. The number of benzene rings is 2. The van der Waals surface area contributed by atoms with Crippen LogP contribution >= 0.6 is 15.9 Å². The van der Waals surface area contributed by atoms with Crippen molar-refractivity contribution in [1.82, 2.24) is 5.32 Å². The molecule has 1 fully saturated rings. The van der Waals surface area contributed by atoms with Gasteiger partial charge in [-0.1, -0.05) is 28.1 Å². The van der Waals surface area contributed by atoms with Crippen LogP contribution in [0.1, 0.15) is 23.2 Å². The summed E-state index contributed by atoms with van der Waals surface area (Å²) in [4.78, 5) is 12.3. The molecule has 1 aliphatic rings. The molecule has 1 atom stereocenters. The van der Waals surface area contributed by atoms with Crippen molar-refractivity contribution in [3.05, 3.63) is 46.4 Å². The van der Waals surface area contributed by atoms with E-state index in [1.54, 1.807) is 0 Å². The maximum atomic E-state index is 12.3. The van der Waals surface area contributed by atoms with Gasteiger partial charge in [0.15, 0.2) is 0 Å². The van der Waals surface area contributed by atoms with Crippen LogP contribution in [0.2, 0.25) is 0 Å². The third kappa shape index (κ3) is 2.86. The molecule has 0 aliphatic heterocycles. The average molecular weight is 333 g/mol. The van der Waals surface area contributed by atoms with Crippen molar-refractivity contribution in [2.45, 2.75) is 18.9 Å². The number of nitrogens with one attached hydrogen (secondary N) is 1. The van der Waals surface area contributed by atoms with Crippen LogP contribution in [-0.4, -0.2) is 18.5 Å². The van der Waals surface area contributed by atoms with Gasteiger partial charge in [0.1, 0.15) is 0 Å². The first-order valence-corrected chi connectivity index (χ1v) is 7.67. The van der Waals surface area contributed by atoms with Gasteiger partial charge in [0.2, 0.25) is 0 Å². The zero-order chi connectivity index (χ0) is 14.1. The molecule has 1 saturated carbocycles. The fraction of sp³-hybridized carbons (Fsp3) is 0.312.